The Hall–Kier alpha value is -1.90. The van der Waals surface area contributed by atoms with Gasteiger partial charge in [0.15, 0.2) is 0 Å². The molecule has 15 heavy (non-hydrogen) atoms. The van der Waals surface area contributed by atoms with Crippen molar-refractivity contribution < 1.29 is 0 Å². The summed E-state index contributed by atoms with van der Waals surface area (Å²) in [5.74, 6) is 0. The second kappa shape index (κ2) is 4.09. The van der Waals surface area contributed by atoms with Gasteiger partial charge in [-0.25, -0.2) is 0 Å². The number of aryl methyl sites for hydroxylation is 1. The number of nitrogen functional groups attached to an aromatic ring is 1. The summed E-state index contributed by atoms with van der Waals surface area (Å²) in [6.45, 7) is 2.02. The standard InChI is InChI=1S/C12H13N3/c1-9-5-11(13)8-15-12(9)6-10-3-2-4-14-7-10/h2-5,7-8H,6,13H2,1H3. The number of anilines is 1. The highest BCUT2D eigenvalue weighted by molar-refractivity contribution is 5.40. The van der Waals surface area contributed by atoms with Crippen LogP contribution in [-0.2, 0) is 6.42 Å². The number of hydrogen-bond donors (Lipinski definition) is 1. The van der Waals surface area contributed by atoms with Crippen molar-refractivity contribution >= 4 is 5.69 Å². The average Bonchev–Trinajstić information content (AvgIpc) is 2.24. The third-order valence-corrected chi connectivity index (χ3v) is 2.30. The van der Waals surface area contributed by atoms with Gasteiger partial charge in [0.1, 0.15) is 0 Å². The van der Waals surface area contributed by atoms with Crippen LogP contribution in [0.25, 0.3) is 0 Å². The molecule has 0 unspecified atom stereocenters. The maximum absolute atomic E-state index is 5.65. The van der Waals surface area contributed by atoms with Gasteiger partial charge in [-0.2, -0.15) is 0 Å². The lowest BCUT2D eigenvalue weighted by Crippen LogP contribution is -1.98. The fourth-order valence-corrected chi connectivity index (χ4v) is 1.51. The van der Waals surface area contributed by atoms with Gasteiger partial charge in [-0.1, -0.05) is 6.07 Å². The highest BCUT2D eigenvalue weighted by atomic mass is 14.7. The monoisotopic (exact) mass is 199 g/mol. The van der Waals surface area contributed by atoms with Crippen LogP contribution >= 0.6 is 0 Å². The van der Waals surface area contributed by atoms with Gasteiger partial charge in [0.25, 0.3) is 0 Å². The molecule has 0 fully saturated rings. The van der Waals surface area contributed by atoms with Gasteiger partial charge in [0, 0.05) is 24.5 Å². The van der Waals surface area contributed by atoms with Crippen LogP contribution in [0.4, 0.5) is 5.69 Å². The van der Waals surface area contributed by atoms with E-state index in [0.29, 0.717) is 5.69 Å². The summed E-state index contributed by atoms with van der Waals surface area (Å²) in [6.07, 6.45) is 6.13. The Kier molecular flexibility index (Phi) is 2.63. The Morgan fingerprint density at radius 3 is 2.87 bits per heavy atom. The molecule has 0 radical (unpaired) electrons. The zero-order chi connectivity index (χ0) is 10.7. The predicted molar refractivity (Wildman–Crippen MR) is 60.4 cm³/mol. The molecule has 0 aliphatic rings. The van der Waals surface area contributed by atoms with E-state index >= 15 is 0 Å². The first-order valence-electron chi connectivity index (χ1n) is 4.85. The molecule has 3 nitrogen and oxygen atoms in total. The van der Waals surface area contributed by atoms with Crippen molar-refractivity contribution in [2.24, 2.45) is 0 Å². The summed E-state index contributed by atoms with van der Waals surface area (Å²) in [5.41, 5.74) is 9.70. The fraction of sp³-hybridized carbons (Fsp3) is 0.167. The van der Waals surface area contributed by atoms with E-state index in [9.17, 15) is 0 Å². The van der Waals surface area contributed by atoms with Crippen LogP contribution in [-0.4, -0.2) is 9.97 Å². The SMILES string of the molecule is Cc1cc(N)cnc1Cc1cccnc1. The van der Waals surface area contributed by atoms with Crippen LogP contribution < -0.4 is 5.73 Å². The smallest absolute Gasteiger partial charge is 0.0503 e. The molecule has 0 aliphatic carbocycles. The van der Waals surface area contributed by atoms with Crippen LogP contribution in [0.15, 0.2) is 36.8 Å². The number of aromatic nitrogens is 2. The molecule has 76 valence electrons. The average molecular weight is 199 g/mol. The van der Waals surface area contributed by atoms with Crippen molar-refractivity contribution in [1.82, 2.24) is 9.97 Å². The van der Waals surface area contributed by atoms with E-state index in [1.54, 1.807) is 12.4 Å². The van der Waals surface area contributed by atoms with Crippen LogP contribution in [0.5, 0.6) is 0 Å². The molecule has 0 aromatic carbocycles. The Morgan fingerprint density at radius 1 is 1.33 bits per heavy atom. The predicted octanol–water partition coefficient (Wildman–Crippen LogP) is 1.96. The van der Waals surface area contributed by atoms with Gasteiger partial charge in [0.05, 0.1) is 11.9 Å². The van der Waals surface area contributed by atoms with Crippen molar-refractivity contribution in [3.63, 3.8) is 0 Å². The minimum atomic E-state index is 0.711. The third kappa shape index (κ3) is 2.31. The molecule has 0 bridgehead atoms. The van der Waals surface area contributed by atoms with Crippen molar-refractivity contribution in [2.45, 2.75) is 13.3 Å². The minimum Gasteiger partial charge on any atom is -0.397 e. The van der Waals surface area contributed by atoms with Crippen LogP contribution in [0.2, 0.25) is 0 Å². The van der Waals surface area contributed by atoms with E-state index in [-0.39, 0.29) is 0 Å². The van der Waals surface area contributed by atoms with Crippen LogP contribution in [0, 0.1) is 6.92 Å². The highest BCUT2D eigenvalue weighted by Gasteiger charge is 2.01. The number of pyridine rings is 2. The Morgan fingerprint density at radius 2 is 2.20 bits per heavy atom. The van der Waals surface area contributed by atoms with E-state index in [4.69, 9.17) is 5.73 Å². The second-order valence-corrected chi connectivity index (χ2v) is 3.57. The van der Waals surface area contributed by atoms with Crippen molar-refractivity contribution in [1.29, 1.82) is 0 Å². The minimum absolute atomic E-state index is 0.711. The summed E-state index contributed by atoms with van der Waals surface area (Å²) < 4.78 is 0. The number of rotatable bonds is 2. The number of nitrogens with two attached hydrogens (primary N) is 1. The van der Waals surface area contributed by atoms with Crippen molar-refractivity contribution in [2.75, 3.05) is 5.73 Å². The molecular weight excluding hydrogens is 186 g/mol. The Balaban J connectivity index is 2.25. The van der Waals surface area contributed by atoms with Gasteiger partial charge in [-0.15, -0.1) is 0 Å². The molecular formula is C12H13N3. The Labute approximate surface area is 89.0 Å². The van der Waals surface area contributed by atoms with E-state index in [1.807, 2.05) is 31.3 Å². The molecule has 2 rings (SSSR count). The quantitative estimate of drug-likeness (QED) is 0.804. The number of nitrogens with zero attached hydrogens (tertiary/aromatic N) is 2. The zero-order valence-electron chi connectivity index (χ0n) is 8.64. The highest BCUT2D eigenvalue weighted by Crippen LogP contribution is 2.12. The first-order valence-corrected chi connectivity index (χ1v) is 4.85. The lowest BCUT2D eigenvalue weighted by molar-refractivity contribution is 1.03. The number of hydrogen-bond acceptors (Lipinski definition) is 3. The maximum atomic E-state index is 5.65. The first kappa shape index (κ1) is 9.65. The lowest BCUT2D eigenvalue weighted by Gasteiger charge is -2.05. The van der Waals surface area contributed by atoms with Crippen molar-refractivity contribution in [3.8, 4) is 0 Å². The van der Waals surface area contributed by atoms with Gasteiger partial charge in [-0.3, -0.25) is 9.97 Å². The van der Waals surface area contributed by atoms with Gasteiger partial charge in [0.2, 0.25) is 0 Å². The zero-order valence-corrected chi connectivity index (χ0v) is 8.64. The van der Waals surface area contributed by atoms with Crippen molar-refractivity contribution in [3.05, 3.63) is 53.6 Å². The molecule has 0 spiro atoms. The first-order chi connectivity index (χ1) is 7.25. The molecule has 0 saturated heterocycles. The molecule has 2 heterocycles. The van der Waals surface area contributed by atoms with E-state index in [2.05, 4.69) is 9.97 Å². The molecule has 3 heteroatoms. The van der Waals surface area contributed by atoms with Gasteiger partial charge in [-0.05, 0) is 30.2 Å². The fourth-order valence-electron chi connectivity index (χ4n) is 1.51. The van der Waals surface area contributed by atoms with Gasteiger partial charge >= 0.3 is 0 Å². The molecule has 0 saturated carbocycles. The molecule has 2 N–H and O–H groups in total. The molecule has 2 aromatic heterocycles. The molecule has 0 amide bonds. The topological polar surface area (TPSA) is 51.8 Å². The molecule has 0 atom stereocenters. The van der Waals surface area contributed by atoms with Gasteiger partial charge < -0.3 is 5.73 Å². The Bertz CT molecular complexity index is 452. The van der Waals surface area contributed by atoms with E-state index < -0.39 is 0 Å². The lowest BCUT2D eigenvalue weighted by atomic mass is 10.1. The molecule has 0 aliphatic heterocycles. The summed E-state index contributed by atoms with van der Waals surface area (Å²) in [5, 5.41) is 0. The summed E-state index contributed by atoms with van der Waals surface area (Å²) >= 11 is 0. The van der Waals surface area contributed by atoms with Crippen LogP contribution in [0.3, 0.4) is 0 Å². The van der Waals surface area contributed by atoms with E-state index in [0.717, 1.165) is 23.2 Å². The largest absolute Gasteiger partial charge is 0.397 e. The van der Waals surface area contributed by atoms with Crippen LogP contribution in [0.1, 0.15) is 16.8 Å². The third-order valence-electron chi connectivity index (χ3n) is 2.30. The second-order valence-electron chi connectivity index (χ2n) is 3.57. The summed E-state index contributed by atoms with van der Waals surface area (Å²) in [6, 6.07) is 5.92. The maximum Gasteiger partial charge on any atom is 0.0503 e. The molecule has 2 aromatic rings. The normalized spacial score (nSPS) is 10.2. The van der Waals surface area contributed by atoms with E-state index in [1.165, 1.54) is 0 Å². The summed E-state index contributed by atoms with van der Waals surface area (Å²) in [7, 11) is 0. The summed E-state index contributed by atoms with van der Waals surface area (Å²) in [4.78, 5) is 8.40.